The molecule has 0 amide bonds. The number of aliphatic hydroxyl groups is 2. The van der Waals surface area contributed by atoms with Crippen molar-refractivity contribution in [3.05, 3.63) is 22.7 Å². The first-order chi connectivity index (χ1) is 15.8. The maximum absolute atomic E-state index is 12.0. The fourth-order valence-electron chi connectivity index (χ4n) is 2.86. The van der Waals surface area contributed by atoms with Crippen LogP contribution in [0.15, 0.2) is 17.1 Å². The Balaban J connectivity index is 0.000000718. The largest absolute Gasteiger partial charge is 0.481 e. The summed E-state index contributed by atoms with van der Waals surface area (Å²) in [7, 11) is -9.18. The van der Waals surface area contributed by atoms with Gasteiger partial charge in [0.1, 0.15) is 18.3 Å². The van der Waals surface area contributed by atoms with E-state index in [2.05, 4.69) is 49.8 Å². The second kappa shape index (κ2) is 13.7. The molecule has 198 valence electrons. The zero-order valence-electron chi connectivity index (χ0n) is 19.1. The van der Waals surface area contributed by atoms with Crippen molar-refractivity contribution in [1.82, 2.24) is 14.5 Å². The van der Waals surface area contributed by atoms with Crippen LogP contribution < -0.4 is 11.2 Å². The van der Waals surface area contributed by atoms with Gasteiger partial charge in [-0.15, -0.1) is 0 Å². The van der Waals surface area contributed by atoms with E-state index in [0.717, 1.165) is 4.57 Å². The molecule has 0 spiro atoms. The zero-order chi connectivity index (χ0) is 26.1. The Morgan fingerprint density at radius 3 is 2.18 bits per heavy atom. The minimum Gasteiger partial charge on any atom is -0.387 e. The Labute approximate surface area is 195 Å². The molecule has 1 saturated heterocycles. The quantitative estimate of drug-likeness (QED) is 0.154. The van der Waals surface area contributed by atoms with Gasteiger partial charge < -0.3 is 34.5 Å². The predicted octanol–water partition coefficient (Wildman–Crippen LogP) is -0.590. The summed E-state index contributed by atoms with van der Waals surface area (Å²) in [5, 5.41) is 20.0. The van der Waals surface area contributed by atoms with Gasteiger partial charge in [-0.3, -0.25) is 13.9 Å². The van der Waals surface area contributed by atoms with Crippen molar-refractivity contribution >= 4 is 21.5 Å². The van der Waals surface area contributed by atoms with E-state index in [1.165, 1.54) is 39.0 Å². The molecule has 0 saturated carbocycles. The number of nitrogens with one attached hydrogen (secondary N) is 1. The SMILES string of the molecule is CCN(CC)CC.CONc1ccn([C@@H]2O[C@H](COP(=O)(O)OP(=O)(O)O)[C@@H](O)[C@H]2O)c(=O)n1. The van der Waals surface area contributed by atoms with Crippen LogP contribution in [0.2, 0.25) is 0 Å². The predicted molar refractivity (Wildman–Crippen MR) is 117 cm³/mol. The molecule has 0 bridgehead atoms. The number of nitrogens with zero attached hydrogens (tertiary/aromatic N) is 3. The molecular weight excluding hydrogens is 502 g/mol. The summed E-state index contributed by atoms with van der Waals surface area (Å²) < 4.78 is 36.0. The Morgan fingerprint density at radius 2 is 1.74 bits per heavy atom. The topological polar surface area (TPSA) is 222 Å². The number of anilines is 1. The van der Waals surface area contributed by atoms with Gasteiger partial charge in [0.15, 0.2) is 12.0 Å². The zero-order valence-corrected chi connectivity index (χ0v) is 20.9. The van der Waals surface area contributed by atoms with Crippen LogP contribution in [0, 0.1) is 0 Å². The summed E-state index contributed by atoms with van der Waals surface area (Å²) in [4.78, 5) is 48.8. The van der Waals surface area contributed by atoms with Gasteiger partial charge in [0.2, 0.25) is 0 Å². The van der Waals surface area contributed by atoms with E-state index in [1.54, 1.807) is 0 Å². The lowest BCUT2D eigenvalue weighted by atomic mass is 10.1. The van der Waals surface area contributed by atoms with Crippen molar-refractivity contribution in [2.45, 2.75) is 45.3 Å². The molecule has 1 aromatic rings. The van der Waals surface area contributed by atoms with E-state index >= 15 is 0 Å². The molecule has 1 aliphatic heterocycles. The second-order valence-electron chi connectivity index (χ2n) is 6.81. The molecule has 16 nitrogen and oxygen atoms in total. The Kier molecular flexibility index (Phi) is 12.4. The lowest BCUT2D eigenvalue weighted by Gasteiger charge is -2.18. The molecule has 2 heterocycles. The van der Waals surface area contributed by atoms with Crippen LogP contribution in [0.3, 0.4) is 0 Å². The molecule has 34 heavy (non-hydrogen) atoms. The standard InChI is InChI=1S/C10H17N3O12P2.C6H15N/c1-22-12-6-2-3-13(10(16)11-6)9-8(15)7(14)5(24-9)4-23-27(20,21)25-26(17,18)19;1-4-7(5-2)6-3/h2-3,5,7-9,14-15H,4H2,1H3,(H,20,21)(H,11,12,16)(H2,17,18,19);4-6H2,1-3H3/t5-,7-,8-,9-;/m1./s1. The number of rotatable bonds is 11. The number of phosphoric acid groups is 2. The molecule has 0 aromatic carbocycles. The first-order valence-electron chi connectivity index (χ1n) is 10.1. The van der Waals surface area contributed by atoms with E-state index in [0.29, 0.717) is 0 Å². The Bertz CT molecular complexity index is 903. The Morgan fingerprint density at radius 1 is 1.15 bits per heavy atom. The normalized spacial score (nSPS) is 24.4. The van der Waals surface area contributed by atoms with Gasteiger partial charge >= 0.3 is 21.3 Å². The average Bonchev–Trinajstić information content (AvgIpc) is 3.01. The third kappa shape index (κ3) is 9.77. The third-order valence-corrected chi connectivity index (χ3v) is 6.75. The molecular formula is C16H32N4O12P2. The molecule has 1 unspecified atom stereocenters. The van der Waals surface area contributed by atoms with Gasteiger partial charge in [-0.1, -0.05) is 20.8 Å². The van der Waals surface area contributed by atoms with E-state index in [-0.39, 0.29) is 5.82 Å². The van der Waals surface area contributed by atoms with Gasteiger partial charge in [-0.05, 0) is 25.7 Å². The number of ether oxygens (including phenoxy) is 1. The molecule has 18 heteroatoms. The van der Waals surface area contributed by atoms with Gasteiger partial charge in [-0.2, -0.15) is 9.29 Å². The number of hydrogen-bond acceptors (Lipinski definition) is 12. The fourth-order valence-corrected chi connectivity index (χ4v) is 4.46. The number of aliphatic hydroxyl groups excluding tert-OH is 2. The number of phosphoric ester groups is 1. The molecule has 6 N–H and O–H groups in total. The Hall–Kier alpha value is -1.26. The number of hydrogen-bond donors (Lipinski definition) is 6. The smallest absolute Gasteiger partial charge is 0.387 e. The van der Waals surface area contributed by atoms with Crippen molar-refractivity contribution in [3.8, 4) is 0 Å². The minimum absolute atomic E-state index is 0.0717. The van der Waals surface area contributed by atoms with Gasteiger partial charge in [-0.25, -0.2) is 19.4 Å². The maximum atomic E-state index is 12.0. The minimum atomic E-state index is -5.31. The molecule has 0 radical (unpaired) electrons. The van der Waals surface area contributed by atoms with Gasteiger partial charge in [0.05, 0.1) is 13.7 Å². The molecule has 1 fully saturated rings. The van der Waals surface area contributed by atoms with Crippen LogP contribution in [-0.4, -0.2) is 91.0 Å². The average molecular weight is 534 g/mol. The summed E-state index contributed by atoms with van der Waals surface area (Å²) >= 11 is 0. The van der Waals surface area contributed by atoms with Crippen LogP contribution in [0.5, 0.6) is 0 Å². The van der Waals surface area contributed by atoms with Gasteiger partial charge in [0, 0.05) is 6.20 Å². The highest BCUT2D eigenvalue weighted by Crippen LogP contribution is 2.57. The summed E-state index contributed by atoms with van der Waals surface area (Å²) in [6, 6.07) is 1.31. The van der Waals surface area contributed by atoms with Crippen LogP contribution in [-0.2, 0) is 27.5 Å². The lowest BCUT2D eigenvalue weighted by Crippen LogP contribution is -2.36. The highest BCUT2D eigenvalue weighted by Gasteiger charge is 2.45. The summed E-state index contributed by atoms with van der Waals surface area (Å²) in [6.45, 7) is 9.24. The summed E-state index contributed by atoms with van der Waals surface area (Å²) in [5.41, 5.74) is 1.45. The second-order valence-corrected chi connectivity index (χ2v) is 9.64. The third-order valence-electron chi connectivity index (χ3n) is 4.60. The molecule has 1 aromatic heterocycles. The molecule has 0 aliphatic carbocycles. The summed E-state index contributed by atoms with van der Waals surface area (Å²) in [5.74, 6) is 0.0717. The van der Waals surface area contributed by atoms with Crippen molar-refractivity contribution in [3.63, 3.8) is 0 Å². The van der Waals surface area contributed by atoms with E-state index < -0.39 is 52.5 Å². The van der Waals surface area contributed by atoms with Crippen molar-refractivity contribution in [1.29, 1.82) is 0 Å². The number of aromatic nitrogens is 2. The van der Waals surface area contributed by atoms with Crippen LogP contribution in [0.1, 0.15) is 27.0 Å². The maximum Gasteiger partial charge on any atom is 0.481 e. The first kappa shape index (κ1) is 30.8. The van der Waals surface area contributed by atoms with Gasteiger partial charge in [0.25, 0.3) is 0 Å². The van der Waals surface area contributed by atoms with Crippen LogP contribution in [0.25, 0.3) is 0 Å². The lowest BCUT2D eigenvalue weighted by molar-refractivity contribution is -0.0541. The van der Waals surface area contributed by atoms with Crippen LogP contribution in [0.4, 0.5) is 5.82 Å². The fraction of sp³-hybridized carbons (Fsp3) is 0.750. The molecule has 1 aliphatic rings. The highest BCUT2D eigenvalue weighted by atomic mass is 31.3. The van der Waals surface area contributed by atoms with E-state index in [4.69, 9.17) is 14.5 Å². The summed E-state index contributed by atoms with van der Waals surface area (Å²) in [6.07, 6.45) is -4.94. The van der Waals surface area contributed by atoms with Crippen LogP contribution >= 0.6 is 15.6 Å². The monoisotopic (exact) mass is 534 g/mol. The van der Waals surface area contributed by atoms with E-state index in [9.17, 15) is 29.0 Å². The molecule has 2 rings (SSSR count). The van der Waals surface area contributed by atoms with Crippen molar-refractivity contribution in [2.24, 2.45) is 0 Å². The van der Waals surface area contributed by atoms with E-state index in [1.807, 2.05) is 0 Å². The highest BCUT2D eigenvalue weighted by molar-refractivity contribution is 7.60. The van der Waals surface area contributed by atoms with Crippen molar-refractivity contribution < 1.29 is 52.4 Å². The van der Waals surface area contributed by atoms with Crippen molar-refractivity contribution in [2.75, 3.05) is 38.8 Å². The molecule has 5 atom stereocenters. The first-order valence-corrected chi connectivity index (χ1v) is 13.2.